The molecular weight excluding hydrogens is 238 g/mol. The van der Waals surface area contributed by atoms with Crippen LogP contribution in [0.15, 0.2) is 23.1 Å². The molecule has 2 nitrogen and oxygen atoms in total. The molecule has 0 aliphatic carbocycles. The third-order valence-electron chi connectivity index (χ3n) is 1.89. The second-order valence-corrected chi connectivity index (χ2v) is 4.75. The molecule has 0 saturated carbocycles. The summed E-state index contributed by atoms with van der Waals surface area (Å²) >= 11 is 11.5. The molecule has 2 N–H and O–H groups in total. The van der Waals surface area contributed by atoms with E-state index in [2.05, 4.69) is 12.6 Å². The van der Waals surface area contributed by atoms with Crippen molar-refractivity contribution in [2.24, 2.45) is 0 Å². The molecule has 0 amide bonds. The van der Waals surface area contributed by atoms with Crippen molar-refractivity contribution >= 4 is 57.5 Å². The molecule has 0 fully saturated rings. The molecule has 0 saturated heterocycles. The number of benzene rings is 1. The lowest BCUT2D eigenvalue weighted by Gasteiger charge is -1.95. The topological polar surface area (TPSA) is 40.5 Å². The molecule has 0 bridgehead atoms. The number of thiol groups is 1. The van der Waals surface area contributed by atoms with E-state index in [-0.39, 0.29) is 0 Å². The summed E-state index contributed by atoms with van der Waals surface area (Å²) < 4.78 is 1.27. The summed E-state index contributed by atoms with van der Waals surface area (Å²) in [6, 6.07) is 5.54. The van der Waals surface area contributed by atoms with Gasteiger partial charge in [-0.05, 0) is 12.1 Å². The largest absolute Gasteiger partial charge is 0.500 e. The molecule has 14 heavy (non-hydrogen) atoms. The molecule has 2 aromatic rings. The molecule has 1 heterocycles. The first-order valence-corrected chi connectivity index (χ1v) is 5.51. The van der Waals surface area contributed by atoms with Gasteiger partial charge >= 0.3 is 7.12 Å². The third-order valence-corrected chi connectivity index (χ3v) is 3.97. The van der Waals surface area contributed by atoms with Crippen LogP contribution in [0.1, 0.15) is 0 Å². The monoisotopic (exact) mass is 244 g/mol. The van der Waals surface area contributed by atoms with Crippen molar-refractivity contribution in [3.8, 4) is 0 Å². The first-order valence-electron chi connectivity index (χ1n) is 3.87. The second-order valence-electron chi connectivity index (χ2n) is 2.80. The third kappa shape index (κ3) is 1.55. The summed E-state index contributed by atoms with van der Waals surface area (Å²) in [6.07, 6.45) is 0. The Kier molecular flexibility index (Phi) is 2.77. The van der Waals surface area contributed by atoms with Crippen LogP contribution < -0.4 is 4.78 Å². The highest BCUT2D eigenvalue weighted by Crippen LogP contribution is 2.32. The average Bonchev–Trinajstić information content (AvgIpc) is 2.45. The minimum absolute atomic E-state index is 0.364. The van der Waals surface area contributed by atoms with Crippen LogP contribution in [-0.4, -0.2) is 17.2 Å². The summed E-state index contributed by atoms with van der Waals surface area (Å²) in [5.74, 6) is 0. The van der Waals surface area contributed by atoms with Gasteiger partial charge < -0.3 is 10.0 Å². The van der Waals surface area contributed by atoms with Gasteiger partial charge in [-0.15, -0.1) is 24.0 Å². The molecule has 0 aliphatic heterocycles. The van der Waals surface area contributed by atoms with E-state index in [1.165, 1.54) is 11.3 Å². The molecule has 2 rings (SSSR count). The molecule has 0 radical (unpaired) electrons. The zero-order chi connectivity index (χ0) is 10.3. The van der Waals surface area contributed by atoms with Crippen LogP contribution >= 0.6 is 35.6 Å². The van der Waals surface area contributed by atoms with Crippen LogP contribution in [0, 0.1) is 0 Å². The number of halogens is 1. The van der Waals surface area contributed by atoms with E-state index >= 15 is 0 Å². The highest BCUT2D eigenvalue weighted by molar-refractivity contribution is 7.80. The molecule has 6 heteroatoms. The van der Waals surface area contributed by atoms with Crippen molar-refractivity contribution in [1.29, 1.82) is 0 Å². The zero-order valence-electron chi connectivity index (χ0n) is 6.94. The fourth-order valence-electron chi connectivity index (χ4n) is 1.28. The van der Waals surface area contributed by atoms with Gasteiger partial charge in [0.25, 0.3) is 0 Å². The summed E-state index contributed by atoms with van der Waals surface area (Å²) in [4.78, 5) is 0.746. The molecule has 1 aromatic carbocycles. The van der Waals surface area contributed by atoms with E-state index in [0.717, 1.165) is 15.0 Å². The van der Waals surface area contributed by atoms with Crippen molar-refractivity contribution in [2.45, 2.75) is 4.90 Å². The molecular formula is C8H6BClO2S2. The van der Waals surface area contributed by atoms with E-state index in [1.54, 1.807) is 0 Å². The Labute approximate surface area is 95.7 Å². The fraction of sp³-hybridized carbons (Fsp3) is 0. The predicted molar refractivity (Wildman–Crippen MR) is 63.9 cm³/mol. The van der Waals surface area contributed by atoms with Crippen molar-refractivity contribution in [3.63, 3.8) is 0 Å². The van der Waals surface area contributed by atoms with Crippen molar-refractivity contribution in [1.82, 2.24) is 0 Å². The average molecular weight is 245 g/mol. The molecule has 0 aliphatic rings. The quantitative estimate of drug-likeness (QED) is 0.526. The summed E-state index contributed by atoms with van der Waals surface area (Å²) in [5, 5.41) is 19.3. The van der Waals surface area contributed by atoms with Gasteiger partial charge in [-0.3, -0.25) is 0 Å². The van der Waals surface area contributed by atoms with Gasteiger partial charge in [0, 0.05) is 15.0 Å². The maximum atomic E-state index is 9.05. The van der Waals surface area contributed by atoms with Gasteiger partial charge in [0.05, 0.1) is 9.80 Å². The molecule has 0 spiro atoms. The maximum Gasteiger partial charge on any atom is 0.500 e. The van der Waals surface area contributed by atoms with Gasteiger partial charge in [-0.25, -0.2) is 0 Å². The van der Waals surface area contributed by atoms with E-state index in [4.69, 9.17) is 21.6 Å². The van der Waals surface area contributed by atoms with E-state index in [0.29, 0.717) is 9.80 Å². The predicted octanol–water partition coefficient (Wildman–Crippen LogP) is 1.52. The highest BCUT2D eigenvalue weighted by Gasteiger charge is 2.21. The first-order chi connectivity index (χ1) is 6.61. The van der Waals surface area contributed by atoms with E-state index < -0.39 is 7.12 Å². The van der Waals surface area contributed by atoms with Crippen LogP contribution in [0.4, 0.5) is 0 Å². The van der Waals surface area contributed by atoms with Gasteiger partial charge in [-0.2, -0.15) is 0 Å². The van der Waals surface area contributed by atoms with Crippen molar-refractivity contribution in [3.05, 3.63) is 23.2 Å². The normalized spacial score (nSPS) is 10.9. The Hall–Kier alpha value is -0.195. The Morgan fingerprint density at radius 1 is 1.36 bits per heavy atom. The van der Waals surface area contributed by atoms with Crippen LogP contribution in [0.3, 0.4) is 0 Å². The SMILES string of the molecule is OB(O)c1sc2cccc(S)c2c1Cl. The van der Waals surface area contributed by atoms with Crippen LogP contribution in [0.25, 0.3) is 10.1 Å². The molecule has 0 atom stereocenters. The Bertz CT molecular complexity index is 483. The van der Waals surface area contributed by atoms with Gasteiger partial charge in [0.15, 0.2) is 0 Å². The minimum atomic E-state index is -1.52. The molecule has 1 aromatic heterocycles. The van der Waals surface area contributed by atoms with Gasteiger partial charge in [0.1, 0.15) is 0 Å². The number of hydrogen-bond donors (Lipinski definition) is 3. The first kappa shape index (κ1) is 10.3. The summed E-state index contributed by atoms with van der Waals surface area (Å²) in [5.41, 5.74) is 0. The van der Waals surface area contributed by atoms with Crippen LogP contribution in [-0.2, 0) is 0 Å². The van der Waals surface area contributed by atoms with Gasteiger partial charge in [0.2, 0.25) is 0 Å². The Morgan fingerprint density at radius 2 is 2.07 bits per heavy atom. The Morgan fingerprint density at radius 3 is 2.64 bits per heavy atom. The standard InChI is InChI=1S/C8H6BClO2S2/c10-7-6-4(13)2-1-3-5(6)14-8(7)9(11)12/h1-3,11-13H. The van der Waals surface area contributed by atoms with Crippen LogP contribution in [0.2, 0.25) is 5.02 Å². The fourth-order valence-corrected chi connectivity index (χ4v) is 3.21. The number of thiophene rings is 1. The number of rotatable bonds is 1. The summed E-state index contributed by atoms with van der Waals surface area (Å²) in [7, 11) is -1.52. The van der Waals surface area contributed by atoms with E-state index in [9.17, 15) is 0 Å². The Balaban J connectivity index is 2.81. The highest BCUT2D eigenvalue weighted by atomic mass is 35.5. The lowest BCUT2D eigenvalue weighted by molar-refractivity contribution is 0.427. The van der Waals surface area contributed by atoms with Crippen LogP contribution in [0.5, 0.6) is 0 Å². The molecule has 0 unspecified atom stereocenters. The van der Waals surface area contributed by atoms with Gasteiger partial charge in [-0.1, -0.05) is 17.7 Å². The summed E-state index contributed by atoms with van der Waals surface area (Å²) in [6.45, 7) is 0. The van der Waals surface area contributed by atoms with Crippen molar-refractivity contribution < 1.29 is 10.0 Å². The maximum absolute atomic E-state index is 9.05. The smallest absolute Gasteiger partial charge is 0.423 e. The zero-order valence-corrected chi connectivity index (χ0v) is 9.40. The van der Waals surface area contributed by atoms with E-state index in [1.807, 2.05) is 18.2 Å². The van der Waals surface area contributed by atoms with Crippen molar-refractivity contribution in [2.75, 3.05) is 0 Å². The lowest BCUT2D eigenvalue weighted by Crippen LogP contribution is -2.27. The lowest BCUT2D eigenvalue weighted by atomic mass is 9.89. The number of hydrogen-bond acceptors (Lipinski definition) is 4. The number of fused-ring (bicyclic) bond motifs is 1. The minimum Gasteiger partial charge on any atom is -0.423 e. The molecule has 72 valence electrons. The second kappa shape index (κ2) is 3.75.